The van der Waals surface area contributed by atoms with Crippen LogP contribution in [0, 0.1) is 17.1 Å². The molecule has 1 amide bonds. The molecule has 2 aromatic carbocycles. The maximum Gasteiger partial charge on any atom is 0.331 e. The minimum atomic E-state index is -1.11. The van der Waals surface area contributed by atoms with Gasteiger partial charge >= 0.3 is 5.97 Å². The molecular formula is C20H16BrFN2O4. The SMILES string of the molecule is CC(OC(=O)/C=C/c1ccc(OCC#N)cc1)C(=O)Nc1ccc(Br)cc1F. The first-order valence-corrected chi connectivity index (χ1v) is 8.93. The van der Waals surface area contributed by atoms with Crippen molar-refractivity contribution < 1.29 is 23.5 Å². The van der Waals surface area contributed by atoms with Gasteiger partial charge in [-0.25, -0.2) is 9.18 Å². The second-order valence-corrected chi connectivity index (χ2v) is 6.46. The number of nitrogens with zero attached hydrogens (tertiary/aromatic N) is 1. The number of halogens is 2. The predicted octanol–water partition coefficient (Wildman–Crippen LogP) is 4.07. The standard InChI is InChI=1S/C20H16BrFN2O4/c1-13(20(26)24-18-8-5-15(21)12-17(18)22)28-19(25)9-4-14-2-6-16(7-3-14)27-11-10-23/h2-9,12-13H,11H2,1H3,(H,24,26)/b9-4+. The van der Waals surface area contributed by atoms with Crippen molar-refractivity contribution in [1.82, 2.24) is 0 Å². The molecule has 0 aliphatic heterocycles. The van der Waals surface area contributed by atoms with Crippen LogP contribution < -0.4 is 10.1 Å². The van der Waals surface area contributed by atoms with E-state index < -0.39 is 23.8 Å². The van der Waals surface area contributed by atoms with E-state index in [4.69, 9.17) is 14.7 Å². The first-order valence-electron chi connectivity index (χ1n) is 8.13. The molecule has 2 aromatic rings. The highest BCUT2D eigenvalue weighted by Gasteiger charge is 2.18. The largest absolute Gasteiger partial charge is 0.479 e. The van der Waals surface area contributed by atoms with Gasteiger partial charge in [-0.2, -0.15) is 5.26 Å². The zero-order valence-corrected chi connectivity index (χ0v) is 16.4. The van der Waals surface area contributed by atoms with Gasteiger partial charge in [0.2, 0.25) is 0 Å². The average molecular weight is 447 g/mol. The van der Waals surface area contributed by atoms with E-state index in [1.807, 2.05) is 6.07 Å². The van der Waals surface area contributed by atoms with Crippen LogP contribution in [-0.4, -0.2) is 24.6 Å². The van der Waals surface area contributed by atoms with Crippen LogP contribution in [0.1, 0.15) is 12.5 Å². The highest BCUT2D eigenvalue weighted by molar-refractivity contribution is 9.10. The fourth-order valence-electron chi connectivity index (χ4n) is 2.05. The average Bonchev–Trinajstić information content (AvgIpc) is 2.67. The molecule has 1 atom stereocenters. The maximum atomic E-state index is 13.8. The molecule has 144 valence electrons. The van der Waals surface area contributed by atoms with Gasteiger partial charge in [-0.1, -0.05) is 28.1 Å². The van der Waals surface area contributed by atoms with Crippen molar-refractivity contribution in [2.75, 3.05) is 11.9 Å². The summed E-state index contributed by atoms with van der Waals surface area (Å²) in [5.74, 6) is -1.44. The number of hydrogen-bond donors (Lipinski definition) is 1. The van der Waals surface area contributed by atoms with E-state index in [9.17, 15) is 14.0 Å². The fraction of sp³-hybridized carbons (Fsp3) is 0.150. The van der Waals surface area contributed by atoms with Gasteiger partial charge in [0, 0.05) is 10.5 Å². The molecule has 1 N–H and O–H groups in total. The van der Waals surface area contributed by atoms with Crippen molar-refractivity contribution in [3.63, 3.8) is 0 Å². The van der Waals surface area contributed by atoms with E-state index in [2.05, 4.69) is 21.2 Å². The summed E-state index contributed by atoms with van der Waals surface area (Å²) in [6, 6.07) is 12.8. The van der Waals surface area contributed by atoms with Gasteiger partial charge in [0.25, 0.3) is 5.91 Å². The number of nitriles is 1. The molecule has 0 spiro atoms. The van der Waals surface area contributed by atoms with E-state index in [1.54, 1.807) is 30.3 Å². The number of carbonyl (C=O) groups is 2. The molecule has 6 nitrogen and oxygen atoms in total. The predicted molar refractivity (Wildman–Crippen MR) is 105 cm³/mol. The van der Waals surface area contributed by atoms with Crippen LogP contribution >= 0.6 is 15.9 Å². The van der Waals surface area contributed by atoms with E-state index in [0.29, 0.717) is 15.8 Å². The fourth-order valence-corrected chi connectivity index (χ4v) is 2.38. The van der Waals surface area contributed by atoms with Crippen molar-refractivity contribution in [2.45, 2.75) is 13.0 Å². The topological polar surface area (TPSA) is 88.4 Å². The summed E-state index contributed by atoms with van der Waals surface area (Å²) >= 11 is 3.13. The second kappa shape index (κ2) is 10.2. The first-order chi connectivity index (χ1) is 13.4. The minimum absolute atomic E-state index is 0.00894. The molecule has 0 fully saturated rings. The minimum Gasteiger partial charge on any atom is -0.479 e. The van der Waals surface area contributed by atoms with E-state index in [1.165, 1.54) is 31.2 Å². The summed E-state index contributed by atoms with van der Waals surface area (Å²) in [5, 5.41) is 10.8. The van der Waals surface area contributed by atoms with Gasteiger partial charge < -0.3 is 14.8 Å². The Balaban J connectivity index is 1.88. The summed E-state index contributed by atoms with van der Waals surface area (Å²) in [7, 11) is 0. The Kier molecular flexibility index (Phi) is 7.72. The lowest BCUT2D eigenvalue weighted by Gasteiger charge is -2.13. The molecule has 0 saturated heterocycles. The van der Waals surface area contributed by atoms with Crippen molar-refractivity contribution >= 4 is 39.6 Å². The highest BCUT2D eigenvalue weighted by Crippen LogP contribution is 2.19. The maximum absolute atomic E-state index is 13.8. The smallest absolute Gasteiger partial charge is 0.331 e. The molecule has 8 heteroatoms. The summed E-state index contributed by atoms with van der Waals surface area (Å²) < 4.78 is 24.4. The second-order valence-electron chi connectivity index (χ2n) is 5.54. The Labute approximate surface area is 169 Å². The number of anilines is 1. The highest BCUT2D eigenvalue weighted by atomic mass is 79.9. The summed E-state index contributed by atoms with van der Waals surface area (Å²) in [6.45, 7) is 1.34. The van der Waals surface area contributed by atoms with Crippen molar-refractivity contribution in [3.05, 3.63) is 64.4 Å². The lowest BCUT2D eigenvalue weighted by atomic mass is 10.2. The van der Waals surface area contributed by atoms with Crippen LogP contribution in [0.2, 0.25) is 0 Å². The normalized spacial score (nSPS) is 11.5. The van der Waals surface area contributed by atoms with Gasteiger partial charge in [0.15, 0.2) is 12.7 Å². The summed E-state index contributed by atoms with van der Waals surface area (Å²) in [4.78, 5) is 23.9. The van der Waals surface area contributed by atoms with Crippen LogP contribution in [0.3, 0.4) is 0 Å². The van der Waals surface area contributed by atoms with Crippen molar-refractivity contribution in [1.29, 1.82) is 5.26 Å². The third-order valence-corrected chi connectivity index (χ3v) is 3.94. The summed E-state index contributed by atoms with van der Waals surface area (Å²) in [6.07, 6.45) is 1.58. The molecule has 1 unspecified atom stereocenters. The quantitative estimate of drug-likeness (QED) is 0.511. The lowest BCUT2D eigenvalue weighted by Crippen LogP contribution is -2.29. The van der Waals surface area contributed by atoms with E-state index >= 15 is 0 Å². The number of hydrogen-bond acceptors (Lipinski definition) is 5. The Bertz CT molecular complexity index is 923. The Morgan fingerprint density at radius 2 is 2.00 bits per heavy atom. The Morgan fingerprint density at radius 1 is 1.29 bits per heavy atom. The van der Waals surface area contributed by atoms with Crippen LogP contribution in [-0.2, 0) is 14.3 Å². The number of ether oxygens (including phenoxy) is 2. The number of nitrogens with one attached hydrogen (secondary N) is 1. The lowest BCUT2D eigenvalue weighted by molar-refractivity contribution is -0.148. The number of benzene rings is 2. The number of rotatable bonds is 7. The zero-order chi connectivity index (χ0) is 20.5. The Morgan fingerprint density at radius 3 is 2.64 bits per heavy atom. The molecule has 0 saturated carbocycles. The van der Waals surface area contributed by atoms with Gasteiger partial charge in [-0.15, -0.1) is 0 Å². The van der Waals surface area contributed by atoms with Crippen molar-refractivity contribution in [3.8, 4) is 11.8 Å². The molecular weight excluding hydrogens is 431 g/mol. The van der Waals surface area contributed by atoms with E-state index in [0.717, 1.165) is 0 Å². The molecule has 0 aliphatic carbocycles. The molecule has 0 heterocycles. The number of esters is 1. The first kappa shape index (κ1) is 21.1. The van der Waals surface area contributed by atoms with Crippen LogP contribution in [0.15, 0.2) is 53.0 Å². The van der Waals surface area contributed by atoms with Crippen LogP contribution in [0.25, 0.3) is 6.08 Å². The van der Waals surface area contributed by atoms with Gasteiger partial charge in [-0.3, -0.25) is 4.79 Å². The Hall–Kier alpha value is -3.18. The van der Waals surface area contributed by atoms with Gasteiger partial charge in [0.1, 0.15) is 17.6 Å². The molecule has 28 heavy (non-hydrogen) atoms. The number of carbonyl (C=O) groups excluding carboxylic acids is 2. The van der Waals surface area contributed by atoms with Crippen LogP contribution in [0.4, 0.5) is 10.1 Å². The zero-order valence-electron chi connectivity index (χ0n) is 14.8. The number of amides is 1. The molecule has 0 bridgehead atoms. The molecule has 0 aromatic heterocycles. The van der Waals surface area contributed by atoms with Crippen LogP contribution in [0.5, 0.6) is 5.75 Å². The monoisotopic (exact) mass is 446 g/mol. The molecule has 0 radical (unpaired) electrons. The third kappa shape index (κ3) is 6.52. The van der Waals surface area contributed by atoms with Crippen molar-refractivity contribution in [2.24, 2.45) is 0 Å². The van der Waals surface area contributed by atoms with E-state index in [-0.39, 0.29) is 12.3 Å². The summed E-state index contributed by atoms with van der Waals surface area (Å²) in [5.41, 5.74) is 0.695. The molecule has 2 rings (SSSR count). The molecule has 0 aliphatic rings. The third-order valence-electron chi connectivity index (χ3n) is 3.45. The van der Waals surface area contributed by atoms with Gasteiger partial charge in [0.05, 0.1) is 5.69 Å². The van der Waals surface area contributed by atoms with Gasteiger partial charge in [-0.05, 0) is 48.9 Å².